The average Bonchev–Trinajstić information content (AvgIpc) is 3.43. The maximum atomic E-state index is 6.30. The maximum absolute atomic E-state index is 6.30. The SMILES string of the molecule is Nc1nc(Nc2ccc3c(c2)CC[C@@H](NCc2ccc(Cl)s2)CC3)nn1-c1cc2c(nn1)-c1ccccc1CCC2. The Morgan fingerprint density at radius 3 is 2.63 bits per heavy atom. The highest BCUT2D eigenvalue weighted by molar-refractivity contribution is 7.16. The normalized spacial score (nSPS) is 16.3. The molecule has 0 amide bonds. The number of hydrogen-bond donors (Lipinski definition) is 3. The number of nitrogens with two attached hydrogens (primary N) is 1. The molecule has 0 fully saturated rings. The number of benzene rings is 2. The van der Waals surface area contributed by atoms with E-state index < -0.39 is 0 Å². The van der Waals surface area contributed by atoms with Crippen LogP contribution in [0.1, 0.15) is 46.4 Å². The van der Waals surface area contributed by atoms with Gasteiger partial charge in [0.15, 0.2) is 5.82 Å². The molecule has 0 bridgehead atoms. The molecule has 7 rings (SSSR count). The number of rotatable bonds is 6. The van der Waals surface area contributed by atoms with E-state index in [0.29, 0.717) is 17.8 Å². The summed E-state index contributed by atoms with van der Waals surface area (Å²) in [6.45, 7) is 0.864. The first-order valence-electron chi connectivity index (χ1n) is 14.1. The summed E-state index contributed by atoms with van der Waals surface area (Å²) in [7, 11) is 0. The molecular weight excluding hydrogens is 552 g/mol. The summed E-state index contributed by atoms with van der Waals surface area (Å²) in [5, 5.41) is 20.8. The van der Waals surface area contributed by atoms with Gasteiger partial charge < -0.3 is 16.4 Å². The Bertz CT molecular complexity index is 1710. The van der Waals surface area contributed by atoms with Crippen LogP contribution in [0.4, 0.5) is 17.6 Å². The largest absolute Gasteiger partial charge is 0.368 e. The molecule has 8 nitrogen and oxygen atoms in total. The summed E-state index contributed by atoms with van der Waals surface area (Å²) in [5.74, 6) is 1.28. The van der Waals surface area contributed by atoms with Crippen LogP contribution in [0.3, 0.4) is 0 Å². The Morgan fingerprint density at radius 1 is 0.902 bits per heavy atom. The van der Waals surface area contributed by atoms with E-state index in [9.17, 15) is 0 Å². The van der Waals surface area contributed by atoms with Crippen LogP contribution >= 0.6 is 22.9 Å². The second-order valence-electron chi connectivity index (χ2n) is 10.8. The second-order valence-corrected chi connectivity index (χ2v) is 12.6. The van der Waals surface area contributed by atoms with Crippen molar-refractivity contribution < 1.29 is 0 Å². The van der Waals surface area contributed by atoms with E-state index in [1.165, 1.54) is 21.6 Å². The minimum atomic E-state index is 0.270. The number of fused-ring (bicyclic) bond motifs is 4. The lowest BCUT2D eigenvalue weighted by Gasteiger charge is -2.15. The zero-order valence-electron chi connectivity index (χ0n) is 22.6. The molecule has 208 valence electrons. The van der Waals surface area contributed by atoms with Crippen molar-refractivity contribution in [2.45, 2.75) is 57.5 Å². The molecule has 0 radical (unpaired) electrons. The van der Waals surface area contributed by atoms with Gasteiger partial charge in [0.1, 0.15) is 0 Å². The Kier molecular flexibility index (Phi) is 7.16. The molecule has 4 N–H and O–H groups in total. The lowest BCUT2D eigenvalue weighted by atomic mass is 10.0. The van der Waals surface area contributed by atoms with E-state index in [-0.39, 0.29) is 5.95 Å². The van der Waals surface area contributed by atoms with Crippen LogP contribution in [0, 0.1) is 0 Å². The van der Waals surface area contributed by atoms with E-state index in [1.807, 2.05) is 12.1 Å². The highest BCUT2D eigenvalue weighted by Gasteiger charge is 2.20. The minimum Gasteiger partial charge on any atom is -0.368 e. The molecule has 2 aliphatic carbocycles. The molecule has 3 heterocycles. The topological polar surface area (TPSA) is 107 Å². The third kappa shape index (κ3) is 5.57. The van der Waals surface area contributed by atoms with Gasteiger partial charge >= 0.3 is 0 Å². The van der Waals surface area contributed by atoms with Crippen LogP contribution < -0.4 is 16.4 Å². The second kappa shape index (κ2) is 11.2. The molecule has 1 atom stereocenters. The van der Waals surface area contributed by atoms with Gasteiger partial charge in [0.25, 0.3) is 0 Å². The summed E-state index contributed by atoms with van der Waals surface area (Å²) in [4.78, 5) is 5.75. The monoisotopic (exact) mass is 582 g/mol. The van der Waals surface area contributed by atoms with Crippen molar-refractivity contribution in [2.75, 3.05) is 11.1 Å². The number of halogens is 1. The molecule has 41 heavy (non-hydrogen) atoms. The van der Waals surface area contributed by atoms with Gasteiger partial charge in [0.2, 0.25) is 11.9 Å². The fraction of sp³-hybridized carbons (Fsp3) is 0.290. The van der Waals surface area contributed by atoms with Gasteiger partial charge in [-0.1, -0.05) is 41.9 Å². The van der Waals surface area contributed by atoms with Gasteiger partial charge in [0.05, 0.1) is 10.0 Å². The zero-order valence-corrected chi connectivity index (χ0v) is 24.2. The molecule has 10 heteroatoms. The Balaban J connectivity index is 1.05. The summed E-state index contributed by atoms with van der Waals surface area (Å²) < 4.78 is 2.40. The number of anilines is 3. The molecule has 0 saturated carbocycles. The molecule has 0 unspecified atom stereocenters. The van der Waals surface area contributed by atoms with Gasteiger partial charge in [-0.3, -0.25) is 0 Å². The third-order valence-electron chi connectivity index (χ3n) is 8.05. The quantitative estimate of drug-likeness (QED) is 0.202. The first kappa shape index (κ1) is 26.1. The van der Waals surface area contributed by atoms with Crippen LogP contribution in [-0.2, 0) is 32.2 Å². The van der Waals surface area contributed by atoms with Crippen molar-refractivity contribution in [3.63, 3.8) is 0 Å². The van der Waals surface area contributed by atoms with E-state index in [1.54, 1.807) is 16.0 Å². The summed E-state index contributed by atoms with van der Waals surface area (Å²) in [6, 6.07) is 21.5. The van der Waals surface area contributed by atoms with E-state index in [2.05, 4.69) is 79.4 Å². The van der Waals surface area contributed by atoms with E-state index in [0.717, 1.165) is 78.3 Å². The lowest BCUT2D eigenvalue weighted by molar-refractivity contribution is 0.464. The number of hydrogen-bond acceptors (Lipinski definition) is 8. The van der Waals surface area contributed by atoms with Gasteiger partial charge in [-0.25, -0.2) is 0 Å². The Labute approximate surface area is 248 Å². The molecule has 2 aromatic carbocycles. The maximum Gasteiger partial charge on any atom is 0.248 e. The van der Waals surface area contributed by atoms with Crippen molar-refractivity contribution in [1.82, 2.24) is 30.3 Å². The minimum absolute atomic E-state index is 0.270. The standard InChI is InChI=1S/C31H31ClN8S/c32-27-15-14-25(41-27)18-34-23-11-8-19-9-13-24(16-21(19)10-12-23)35-31-36-30(33)40(39-31)28-17-22-6-3-5-20-4-1-2-7-26(20)29(22)38-37-28/h1-2,4,7,9,13-17,23,34H,3,5-6,8,10-12,18H2,(H3,33,35,36,39)/t23-/m0/s1. The van der Waals surface area contributed by atoms with Crippen LogP contribution in [0.2, 0.25) is 4.34 Å². The van der Waals surface area contributed by atoms with Gasteiger partial charge in [-0.05, 0) is 97.5 Å². The fourth-order valence-corrected chi connectivity index (χ4v) is 6.97. The fourth-order valence-electron chi connectivity index (χ4n) is 5.93. The molecule has 0 spiro atoms. The van der Waals surface area contributed by atoms with Crippen LogP contribution in [-0.4, -0.2) is 31.0 Å². The first-order valence-corrected chi connectivity index (χ1v) is 15.3. The summed E-state index contributed by atoms with van der Waals surface area (Å²) in [5.41, 5.74) is 14.6. The van der Waals surface area contributed by atoms with Gasteiger partial charge in [-0.2, -0.15) is 9.67 Å². The Hall–Kier alpha value is -3.79. The number of aryl methyl sites for hydroxylation is 4. The van der Waals surface area contributed by atoms with Crippen LogP contribution in [0.25, 0.3) is 17.1 Å². The number of nitrogens with one attached hydrogen (secondary N) is 2. The molecule has 2 aliphatic rings. The first-order chi connectivity index (χ1) is 20.1. The van der Waals surface area contributed by atoms with Crippen LogP contribution in [0.5, 0.6) is 0 Å². The number of aromatic nitrogens is 5. The summed E-state index contributed by atoms with van der Waals surface area (Å²) >= 11 is 7.73. The van der Waals surface area contributed by atoms with Crippen molar-refractivity contribution >= 4 is 40.5 Å². The molecular formula is C31H31ClN8S. The predicted octanol–water partition coefficient (Wildman–Crippen LogP) is 6.29. The third-order valence-corrected chi connectivity index (χ3v) is 9.29. The number of nitrogen functional groups attached to an aromatic ring is 1. The molecule has 5 aromatic rings. The van der Waals surface area contributed by atoms with E-state index in [4.69, 9.17) is 17.3 Å². The number of nitrogens with zero attached hydrogens (tertiary/aromatic N) is 5. The zero-order chi connectivity index (χ0) is 27.8. The lowest BCUT2D eigenvalue weighted by Crippen LogP contribution is -2.28. The molecule has 0 saturated heterocycles. The number of thiophene rings is 1. The van der Waals surface area contributed by atoms with Gasteiger partial charge in [0, 0.05) is 28.7 Å². The molecule has 3 aromatic heterocycles. The van der Waals surface area contributed by atoms with Crippen molar-refractivity contribution in [3.8, 4) is 17.1 Å². The highest BCUT2D eigenvalue weighted by atomic mass is 35.5. The highest BCUT2D eigenvalue weighted by Crippen LogP contribution is 2.32. The smallest absolute Gasteiger partial charge is 0.248 e. The van der Waals surface area contributed by atoms with Gasteiger partial charge in [-0.15, -0.1) is 26.6 Å². The van der Waals surface area contributed by atoms with E-state index >= 15 is 0 Å². The van der Waals surface area contributed by atoms with Crippen molar-refractivity contribution in [2.24, 2.45) is 0 Å². The van der Waals surface area contributed by atoms with Crippen molar-refractivity contribution in [1.29, 1.82) is 0 Å². The van der Waals surface area contributed by atoms with Crippen LogP contribution in [0.15, 0.2) is 60.7 Å². The molecule has 0 aliphatic heterocycles. The Morgan fingerprint density at radius 2 is 1.76 bits per heavy atom. The van der Waals surface area contributed by atoms with Crippen molar-refractivity contribution in [3.05, 3.63) is 92.1 Å². The predicted molar refractivity (Wildman–Crippen MR) is 165 cm³/mol. The average molecular weight is 583 g/mol. The summed E-state index contributed by atoms with van der Waals surface area (Å²) in [6.07, 6.45) is 7.31.